The number of esters is 2. The lowest BCUT2D eigenvalue weighted by Crippen LogP contribution is -2.37. The van der Waals surface area contributed by atoms with Gasteiger partial charge in [0.05, 0.1) is 40.0 Å². The van der Waals surface area contributed by atoms with Gasteiger partial charge in [-0.1, -0.05) is 102 Å². The Hall–Kier alpha value is -2.53. The number of nitrogens with zero attached hydrogens (tertiary/aromatic N) is 1. The first-order valence-electron chi connectivity index (χ1n) is 23.2. The minimum Gasteiger partial charge on any atom is -0.756 e. The number of carbonyl (C=O) groups is 2. The lowest BCUT2D eigenvalue weighted by molar-refractivity contribution is -0.870. The zero-order valence-corrected chi connectivity index (χ0v) is 39.5. The summed E-state index contributed by atoms with van der Waals surface area (Å²) in [5.41, 5.74) is 2.59. The van der Waals surface area contributed by atoms with Crippen molar-refractivity contribution < 1.29 is 51.2 Å². The van der Waals surface area contributed by atoms with E-state index in [2.05, 4.69) is 64.2 Å². The number of quaternary nitrogens is 1. The number of rotatable bonds is 37. The number of aryl methyl sites for hydroxylation is 2. The van der Waals surface area contributed by atoms with Gasteiger partial charge in [0.25, 0.3) is 7.82 Å². The first-order chi connectivity index (χ1) is 28.7. The normalized spacial score (nSPS) is 17.2. The summed E-state index contributed by atoms with van der Waals surface area (Å²) in [6, 6.07) is 0. The molecule has 344 valence electrons. The van der Waals surface area contributed by atoms with E-state index in [-0.39, 0.29) is 38.3 Å². The molecule has 0 amide bonds. The topological polar surface area (TPSA) is 137 Å². The number of hydrogen-bond donors (Lipinski definition) is 0. The third-order valence-corrected chi connectivity index (χ3v) is 11.7. The molecule has 0 aliphatic carbocycles. The standard InChI is InChI=1S/C48H82NO10P/c1-8-10-12-13-14-15-16-20-26-32-45-46(59-45)33-27-22-23-28-34-47(50)54-38-42(39-56-60(52,53)55-37-36-49(5,6)7)57-48(51)35-29-21-18-17-19-25-31-44-41(4)40(3)43(58-44)30-24-11-9-2/h14-15,20,22,26-27,42,45-46H,8-13,16-19,21,23-25,28-39H2,1-7H3/b15-14-,26-20-,27-22-/t42-,45?,46?/m1/s1. The predicted molar refractivity (Wildman–Crippen MR) is 239 cm³/mol. The third-order valence-electron chi connectivity index (χ3n) is 10.8. The van der Waals surface area contributed by atoms with Gasteiger partial charge in [0, 0.05) is 25.7 Å². The van der Waals surface area contributed by atoms with Crippen molar-refractivity contribution in [1.82, 2.24) is 0 Å². The van der Waals surface area contributed by atoms with E-state index in [1.54, 1.807) is 0 Å². The van der Waals surface area contributed by atoms with Crippen LogP contribution in [0.1, 0.15) is 165 Å². The maximum Gasteiger partial charge on any atom is 0.306 e. The highest BCUT2D eigenvalue weighted by Gasteiger charge is 2.36. The number of ether oxygens (including phenoxy) is 3. The number of allylic oxidation sites excluding steroid dienone is 4. The van der Waals surface area contributed by atoms with Crippen LogP contribution >= 0.6 is 7.82 Å². The number of epoxide rings is 1. The molecule has 0 bridgehead atoms. The predicted octanol–water partition coefficient (Wildman–Crippen LogP) is 10.9. The molecule has 0 saturated carbocycles. The van der Waals surface area contributed by atoms with Gasteiger partial charge >= 0.3 is 11.9 Å². The van der Waals surface area contributed by atoms with Gasteiger partial charge in [0.2, 0.25) is 0 Å². The van der Waals surface area contributed by atoms with E-state index in [4.69, 9.17) is 27.7 Å². The molecule has 1 fully saturated rings. The summed E-state index contributed by atoms with van der Waals surface area (Å²) in [5.74, 6) is 1.32. The Morgan fingerprint density at radius 1 is 0.700 bits per heavy atom. The van der Waals surface area contributed by atoms with E-state index in [0.717, 1.165) is 82.1 Å². The molecule has 60 heavy (non-hydrogen) atoms. The summed E-state index contributed by atoms with van der Waals surface area (Å²) in [6.45, 7) is 8.35. The second-order valence-corrected chi connectivity index (χ2v) is 18.8. The van der Waals surface area contributed by atoms with Gasteiger partial charge in [0.15, 0.2) is 6.10 Å². The maximum atomic E-state index is 12.8. The van der Waals surface area contributed by atoms with E-state index in [1.807, 2.05) is 21.1 Å². The van der Waals surface area contributed by atoms with E-state index in [9.17, 15) is 19.0 Å². The van der Waals surface area contributed by atoms with Crippen LogP contribution in [-0.2, 0) is 50.3 Å². The second-order valence-electron chi connectivity index (χ2n) is 17.4. The van der Waals surface area contributed by atoms with Crippen molar-refractivity contribution in [2.24, 2.45) is 0 Å². The summed E-state index contributed by atoms with van der Waals surface area (Å²) in [4.78, 5) is 37.8. The molecule has 0 spiro atoms. The molecule has 1 saturated heterocycles. The number of phosphoric ester groups is 1. The Morgan fingerprint density at radius 2 is 1.25 bits per heavy atom. The third kappa shape index (κ3) is 26.7. The molecule has 0 radical (unpaired) electrons. The highest BCUT2D eigenvalue weighted by molar-refractivity contribution is 7.45. The quantitative estimate of drug-likeness (QED) is 0.0159. The van der Waals surface area contributed by atoms with Crippen molar-refractivity contribution in [2.45, 2.75) is 187 Å². The number of hydrogen-bond acceptors (Lipinski definition) is 10. The van der Waals surface area contributed by atoms with Crippen LogP contribution in [-0.4, -0.2) is 82.2 Å². The van der Waals surface area contributed by atoms with Gasteiger partial charge in [-0.25, -0.2) is 0 Å². The number of phosphoric acid groups is 1. The molecular formula is C48H82NO10P. The first kappa shape index (κ1) is 53.6. The highest BCUT2D eigenvalue weighted by atomic mass is 31.2. The van der Waals surface area contributed by atoms with E-state index in [0.29, 0.717) is 30.3 Å². The average Bonchev–Trinajstić information content (AvgIpc) is 3.89. The number of unbranched alkanes of at least 4 members (excludes halogenated alkanes) is 11. The van der Waals surface area contributed by atoms with Crippen molar-refractivity contribution in [3.63, 3.8) is 0 Å². The average molecular weight is 864 g/mol. The van der Waals surface area contributed by atoms with Crippen molar-refractivity contribution in [3.05, 3.63) is 59.1 Å². The van der Waals surface area contributed by atoms with E-state index < -0.39 is 32.5 Å². The number of furan rings is 1. The summed E-state index contributed by atoms with van der Waals surface area (Å²) in [5, 5.41) is 0. The summed E-state index contributed by atoms with van der Waals surface area (Å²) in [6.07, 6.45) is 33.2. The van der Waals surface area contributed by atoms with Crippen LogP contribution in [0.15, 0.2) is 40.9 Å². The van der Waals surface area contributed by atoms with Crippen LogP contribution < -0.4 is 4.89 Å². The molecule has 0 N–H and O–H groups in total. The van der Waals surface area contributed by atoms with Crippen molar-refractivity contribution in [1.29, 1.82) is 0 Å². The van der Waals surface area contributed by atoms with Gasteiger partial charge in [0.1, 0.15) is 31.3 Å². The fourth-order valence-electron chi connectivity index (χ4n) is 6.69. The molecule has 12 heteroatoms. The Kier molecular flexibility index (Phi) is 28.0. The van der Waals surface area contributed by atoms with Crippen LogP contribution in [0.2, 0.25) is 0 Å². The van der Waals surface area contributed by atoms with Gasteiger partial charge in [-0.2, -0.15) is 0 Å². The zero-order chi connectivity index (χ0) is 44.1. The number of likely N-dealkylation sites (N-methyl/N-ethyl adjacent to an activating group) is 1. The van der Waals surface area contributed by atoms with Gasteiger partial charge in [-0.3, -0.25) is 14.2 Å². The number of carbonyl (C=O) groups excluding carboxylic acids is 2. The summed E-state index contributed by atoms with van der Waals surface area (Å²) in [7, 11) is 1.09. The monoisotopic (exact) mass is 864 g/mol. The first-order valence-corrected chi connectivity index (χ1v) is 24.6. The lowest BCUT2D eigenvalue weighted by Gasteiger charge is -2.28. The van der Waals surface area contributed by atoms with Crippen LogP contribution in [0, 0.1) is 13.8 Å². The molecule has 1 aliphatic rings. The molecule has 0 aromatic carbocycles. The van der Waals surface area contributed by atoms with E-state index in [1.165, 1.54) is 49.7 Å². The Balaban J connectivity index is 1.67. The van der Waals surface area contributed by atoms with Crippen molar-refractivity contribution in [2.75, 3.05) is 47.5 Å². The summed E-state index contributed by atoms with van der Waals surface area (Å²) < 4.78 is 46.0. The highest BCUT2D eigenvalue weighted by Crippen LogP contribution is 2.38. The van der Waals surface area contributed by atoms with E-state index >= 15 is 0 Å². The lowest BCUT2D eigenvalue weighted by atomic mass is 10.0. The molecule has 1 aromatic rings. The van der Waals surface area contributed by atoms with Crippen LogP contribution in [0.25, 0.3) is 0 Å². The van der Waals surface area contributed by atoms with Gasteiger partial charge in [-0.05, 0) is 89.2 Å². The maximum absolute atomic E-state index is 12.8. The van der Waals surface area contributed by atoms with Crippen molar-refractivity contribution in [3.8, 4) is 0 Å². The van der Waals surface area contributed by atoms with Crippen LogP contribution in [0.5, 0.6) is 0 Å². The Morgan fingerprint density at radius 3 is 1.92 bits per heavy atom. The molecule has 1 aromatic heterocycles. The fraction of sp³-hybridized carbons (Fsp3) is 0.750. The van der Waals surface area contributed by atoms with Crippen LogP contribution in [0.3, 0.4) is 0 Å². The Bertz CT molecular complexity index is 1460. The largest absolute Gasteiger partial charge is 0.756 e. The molecule has 11 nitrogen and oxygen atoms in total. The van der Waals surface area contributed by atoms with Gasteiger partial charge in [-0.15, -0.1) is 0 Å². The molecular weight excluding hydrogens is 781 g/mol. The molecule has 3 unspecified atom stereocenters. The smallest absolute Gasteiger partial charge is 0.306 e. The molecule has 2 heterocycles. The summed E-state index contributed by atoms with van der Waals surface area (Å²) >= 11 is 0. The molecule has 4 atom stereocenters. The van der Waals surface area contributed by atoms with Crippen LogP contribution in [0.4, 0.5) is 0 Å². The van der Waals surface area contributed by atoms with Gasteiger partial charge < -0.3 is 37.1 Å². The molecule has 1 aliphatic heterocycles. The minimum absolute atomic E-state index is 0.0522. The fourth-order valence-corrected chi connectivity index (χ4v) is 7.42. The Labute approximate surface area is 363 Å². The zero-order valence-electron chi connectivity index (χ0n) is 38.6. The SMILES string of the molecule is CCCCC/C=C\C/C=C\CC1OC1C/C=C\CCCC(=O)OC[C@H](COP(=O)([O-])OCC[N+](C)(C)C)OC(=O)CCCCCCCCc1oc(CCCCC)c(C)c1C. The molecule has 2 rings (SSSR count). The second kappa shape index (κ2) is 31.3. The minimum atomic E-state index is -4.66. The van der Waals surface area contributed by atoms with Crippen molar-refractivity contribution >= 4 is 19.8 Å².